The van der Waals surface area contributed by atoms with Gasteiger partial charge in [-0.2, -0.15) is 0 Å². The molecule has 0 bridgehead atoms. The lowest BCUT2D eigenvalue weighted by molar-refractivity contribution is 0.0228. The van der Waals surface area contributed by atoms with E-state index in [0.29, 0.717) is 6.42 Å². The van der Waals surface area contributed by atoms with Gasteiger partial charge in [-0.05, 0) is 49.1 Å². The van der Waals surface area contributed by atoms with Crippen LogP contribution in [0.3, 0.4) is 0 Å². The van der Waals surface area contributed by atoms with E-state index >= 15 is 0 Å². The van der Waals surface area contributed by atoms with E-state index in [1.165, 1.54) is 10.3 Å². The Bertz CT molecular complexity index is 791. The highest BCUT2D eigenvalue weighted by Crippen LogP contribution is 2.19. The Morgan fingerprint density at radius 2 is 1.92 bits per heavy atom. The summed E-state index contributed by atoms with van der Waals surface area (Å²) in [5, 5.41) is 5.97. The average Bonchev–Trinajstić information content (AvgIpc) is 2.56. The number of hydrogen-bond acceptors (Lipinski definition) is 3. The molecule has 1 atom stereocenters. The van der Waals surface area contributed by atoms with Crippen LogP contribution in [0.15, 0.2) is 47.6 Å². The molecule has 2 rings (SSSR count). The molecule has 1 amide bonds. The Morgan fingerprint density at radius 1 is 1.24 bits per heavy atom. The molecule has 0 aliphatic heterocycles. The van der Waals surface area contributed by atoms with Crippen molar-refractivity contribution in [2.45, 2.75) is 38.8 Å². The molecule has 132 valence electrons. The summed E-state index contributed by atoms with van der Waals surface area (Å²) in [7, 11) is 1.67. The molecule has 25 heavy (non-hydrogen) atoms. The molecule has 0 saturated carbocycles. The molecule has 0 saturated heterocycles. The van der Waals surface area contributed by atoms with Gasteiger partial charge in [-0.25, -0.2) is 4.79 Å². The summed E-state index contributed by atoms with van der Waals surface area (Å²) >= 11 is 0. The molecule has 2 aromatic carbocycles. The molecular weight excluding hydrogens is 316 g/mol. The smallest absolute Gasteiger partial charge is 0.410 e. The zero-order valence-corrected chi connectivity index (χ0v) is 15.1. The highest BCUT2D eigenvalue weighted by molar-refractivity contribution is 5.83. The second-order valence-electron chi connectivity index (χ2n) is 7.04. The van der Waals surface area contributed by atoms with Gasteiger partial charge < -0.3 is 9.64 Å². The van der Waals surface area contributed by atoms with Crippen LogP contribution in [0.4, 0.5) is 4.79 Å². The van der Waals surface area contributed by atoms with Crippen LogP contribution in [0.5, 0.6) is 0 Å². The van der Waals surface area contributed by atoms with Crippen LogP contribution >= 0.6 is 0 Å². The number of likely N-dealkylation sites (N-methyl/N-ethyl adjacent to an activating group) is 1. The van der Waals surface area contributed by atoms with E-state index < -0.39 is 11.7 Å². The summed E-state index contributed by atoms with van der Waals surface area (Å²) in [6.07, 6.45) is 0.158. The number of hydrogen-bond donors (Lipinski definition) is 0. The number of benzene rings is 2. The summed E-state index contributed by atoms with van der Waals surface area (Å²) in [5.74, 6) is 0. The third-order valence-corrected chi connectivity index (χ3v) is 3.87. The number of nitrogens with zero attached hydrogens (tertiary/aromatic N) is 4. The molecule has 0 fully saturated rings. The number of azide groups is 1. The van der Waals surface area contributed by atoms with Crippen LogP contribution in [-0.4, -0.2) is 36.2 Å². The average molecular weight is 340 g/mol. The molecule has 0 radical (unpaired) electrons. The van der Waals surface area contributed by atoms with Crippen LogP contribution in [0, 0.1) is 0 Å². The van der Waals surface area contributed by atoms with Gasteiger partial charge in [-0.1, -0.05) is 47.6 Å². The molecule has 6 heteroatoms. The summed E-state index contributed by atoms with van der Waals surface area (Å²) in [6.45, 7) is 5.67. The Hall–Kier alpha value is -2.72. The predicted molar refractivity (Wildman–Crippen MR) is 99.5 cm³/mol. The normalized spacial score (nSPS) is 12.3. The van der Waals surface area contributed by atoms with Gasteiger partial charge in [0.05, 0.1) is 0 Å². The first-order valence-electron chi connectivity index (χ1n) is 8.24. The maximum Gasteiger partial charge on any atom is 0.410 e. The lowest BCUT2D eigenvalue weighted by Crippen LogP contribution is -2.43. The Kier molecular flexibility index (Phi) is 5.88. The molecule has 0 heterocycles. The van der Waals surface area contributed by atoms with Crippen molar-refractivity contribution < 1.29 is 9.53 Å². The Balaban J connectivity index is 2.20. The van der Waals surface area contributed by atoms with Crippen LogP contribution < -0.4 is 0 Å². The van der Waals surface area contributed by atoms with E-state index in [4.69, 9.17) is 10.3 Å². The van der Waals surface area contributed by atoms with Gasteiger partial charge in [0.1, 0.15) is 5.60 Å². The van der Waals surface area contributed by atoms with Crippen LogP contribution in [-0.2, 0) is 11.2 Å². The van der Waals surface area contributed by atoms with Crippen molar-refractivity contribution in [2.75, 3.05) is 13.6 Å². The molecule has 0 unspecified atom stereocenters. The van der Waals surface area contributed by atoms with Crippen molar-refractivity contribution in [3.05, 3.63) is 58.5 Å². The maximum absolute atomic E-state index is 12.3. The van der Waals surface area contributed by atoms with Gasteiger partial charge in [0.2, 0.25) is 0 Å². The standard InChI is InChI=1S/C19H24N4O2/c1-19(2,3)25-18(24)23(4)17(13-21-22-20)12-14-9-10-15-7-5-6-8-16(15)11-14/h5-11,17H,12-13H2,1-4H3/t17-/m1/s1. The Labute approximate surface area is 148 Å². The van der Waals surface area contributed by atoms with E-state index in [9.17, 15) is 4.79 Å². The van der Waals surface area contributed by atoms with Crippen molar-refractivity contribution in [1.29, 1.82) is 0 Å². The lowest BCUT2D eigenvalue weighted by Gasteiger charge is -2.30. The van der Waals surface area contributed by atoms with Gasteiger partial charge in [-0.15, -0.1) is 0 Å². The predicted octanol–water partition coefficient (Wildman–Crippen LogP) is 4.93. The summed E-state index contributed by atoms with van der Waals surface area (Å²) < 4.78 is 5.42. The van der Waals surface area contributed by atoms with E-state index in [1.54, 1.807) is 7.05 Å². The van der Waals surface area contributed by atoms with Gasteiger partial charge in [-0.3, -0.25) is 0 Å². The molecule has 0 N–H and O–H groups in total. The van der Waals surface area contributed by atoms with Crippen molar-refractivity contribution in [3.8, 4) is 0 Å². The fraction of sp³-hybridized carbons (Fsp3) is 0.421. The lowest BCUT2D eigenvalue weighted by atomic mass is 10.0. The number of rotatable bonds is 5. The SMILES string of the molecule is CN(C(=O)OC(C)(C)C)[C@@H](CN=[N+]=[N-])Cc1ccc2ccccc2c1. The minimum atomic E-state index is -0.572. The van der Waals surface area contributed by atoms with Gasteiger partial charge >= 0.3 is 6.09 Å². The largest absolute Gasteiger partial charge is 0.444 e. The minimum absolute atomic E-state index is 0.194. The van der Waals surface area contributed by atoms with E-state index in [1.807, 2.05) is 39.0 Å². The highest BCUT2D eigenvalue weighted by Gasteiger charge is 2.25. The van der Waals surface area contributed by atoms with E-state index in [2.05, 4.69) is 34.3 Å². The van der Waals surface area contributed by atoms with Crippen LogP contribution in [0.25, 0.3) is 21.2 Å². The number of ether oxygens (including phenoxy) is 1. The second-order valence-corrected chi connectivity index (χ2v) is 7.04. The van der Waals surface area contributed by atoms with Crippen LogP contribution in [0.2, 0.25) is 0 Å². The molecule has 2 aromatic rings. The fourth-order valence-electron chi connectivity index (χ4n) is 2.58. The summed E-state index contributed by atoms with van der Waals surface area (Å²) in [6, 6.07) is 14.0. The van der Waals surface area contributed by atoms with Gasteiger partial charge in [0.25, 0.3) is 0 Å². The molecule has 0 aliphatic carbocycles. The number of carbonyl (C=O) groups excluding carboxylic acids is 1. The summed E-state index contributed by atoms with van der Waals surface area (Å²) in [5.41, 5.74) is 9.16. The molecular formula is C19H24N4O2. The van der Waals surface area contributed by atoms with Gasteiger partial charge in [0.15, 0.2) is 0 Å². The first kappa shape index (κ1) is 18.6. The maximum atomic E-state index is 12.3. The summed E-state index contributed by atoms with van der Waals surface area (Å²) in [4.78, 5) is 16.7. The monoisotopic (exact) mass is 340 g/mol. The zero-order chi connectivity index (χ0) is 18.4. The first-order chi connectivity index (χ1) is 11.8. The van der Waals surface area contributed by atoms with E-state index in [0.717, 1.165) is 10.9 Å². The second kappa shape index (κ2) is 7.90. The van der Waals surface area contributed by atoms with Crippen molar-refractivity contribution in [1.82, 2.24) is 4.90 Å². The molecule has 0 spiro atoms. The number of carbonyl (C=O) groups is 1. The third kappa shape index (κ3) is 5.40. The fourth-order valence-corrected chi connectivity index (χ4v) is 2.58. The van der Waals surface area contributed by atoms with Crippen LogP contribution in [0.1, 0.15) is 26.3 Å². The third-order valence-electron chi connectivity index (χ3n) is 3.87. The number of fused-ring (bicyclic) bond motifs is 1. The zero-order valence-electron chi connectivity index (χ0n) is 15.1. The quantitative estimate of drug-likeness (QED) is 0.439. The Morgan fingerprint density at radius 3 is 2.56 bits per heavy atom. The van der Waals surface area contributed by atoms with E-state index in [-0.39, 0.29) is 12.6 Å². The highest BCUT2D eigenvalue weighted by atomic mass is 16.6. The molecule has 0 aliphatic rings. The minimum Gasteiger partial charge on any atom is -0.444 e. The number of amides is 1. The molecule has 6 nitrogen and oxygen atoms in total. The molecule has 0 aromatic heterocycles. The first-order valence-corrected chi connectivity index (χ1v) is 8.24. The van der Waals surface area contributed by atoms with Crippen molar-refractivity contribution >= 4 is 16.9 Å². The van der Waals surface area contributed by atoms with Crippen molar-refractivity contribution in [2.24, 2.45) is 5.11 Å². The van der Waals surface area contributed by atoms with Crippen molar-refractivity contribution in [3.63, 3.8) is 0 Å². The van der Waals surface area contributed by atoms with Gasteiger partial charge in [0, 0.05) is 24.5 Å². The topological polar surface area (TPSA) is 78.3 Å².